The van der Waals surface area contributed by atoms with E-state index in [9.17, 15) is 8.42 Å². The number of rotatable bonds is 5. The summed E-state index contributed by atoms with van der Waals surface area (Å²) in [7, 11) is -1.58. The topological polar surface area (TPSA) is 73.6 Å². The van der Waals surface area contributed by atoms with Crippen molar-refractivity contribution in [1.82, 2.24) is 14.4 Å². The molecule has 1 saturated carbocycles. The summed E-state index contributed by atoms with van der Waals surface area (Å²) in [4.78, 5) is 9.72. The van der Waals surface area contributed by atoms with E-state index in [-0.39, 0.29) is 5.25 Å². The van der Waals surface area contributed by atoms with Crippen LogP contribution in [0.4, 0.5) is 0 Å². The molecule has 1 aliphatic carbocycles. The number of methoxy groups -OCH3 is 1. The second-order valence-electron chi connectivity index (χ2n) is 7.55. The minimum atomic E-state index is -3.22. The normalized spacial score (nSPS) is 14.2. The quantitative estimate of drug-likeness (QED) is 0.482. The van der Waals surface area contributed by atoms with Crippen molar-refractivity contribution in [3.05, 3.63) is 66.5 Å². The Morgan fingerprint density at radius 3 is 2.23 bits per heavy atom. The van der Waals surface area contributed by atoms with Gasteiger partial charge in [-0.25, -0.2) is 18.4 Å². The van der Waals surface area contributed by atoms with Crippen LogP contribution in [0, 0.1) is 6.92 Å². The van der Waals surface area contributed by atoms with E-state index in [1.54, 1.807) is 19.2 Å². The molecule has 2 heterocycles. The first kappa shape index (κ1) is 18.8. The van der Waals surface area contributed by atoms with Crippen molar-refractivity contribution in [3.63, 3.8) is 0 Å². The molecule has 0 aliphatic heterocycles. The molecular weight excluding hydrogens is 398 g/mol. The lowest BCUT2D eigenvalue weighted by molar-refractivity contribution is 0.415. The molecule has 152 valence electrons. The Morgan fingerprint density at radius 1 is 0.933 bits per heavy atom. The number of benzene rings is 2. The molecule has 0 bridgehead atoms. The van der Waals surface area contributed by atoms with Crippen LogP contribution < -0.4 is 4.74 Å². The van der Waals surface area contributed by atoms with Gasteiger partial charge < -0.3 is 4.74 Å². The predicted octanol–water partition coefficient (Wildman–Crippen LogP) is 4.32. The van der Waals surface area contributed by atoms with E-state index in [4.69, 9.17) is 9.72 Å². The molecule has 0 radical (unpaired) electrons. The van der Waals surface area contributed by atoms with Crippen molar-refractivity contribution in [1.29, 1.82) is 0 Å². The summed E-state index contributed by atoms with van der Waals surface area (Å²) in [6.07, 6.45) is 3.45. The molecule has 1 aliphatic rings. The van der Waals surface area contributed by atoms with Crippen molar-refractivity contribution < 1.29 is 13.2 Å². The fourth-order valence-electron chi connectivity index (χ4n) is 3.62. The number of imidazole rings is 1. The Labute approximate surface area is 175 Å². The number of aromatic nitrogens is 3. The van der Waals surface area contributed by atoms with Crippen molar-refractivity contribution in [2.45, 2.75) is 29.9 Å². The van der Waals surface area contributed by atoms with Gasteiger partial charge in [0.05, 0.1) is 28.6 Å². The van der Waals surface area contributed by atoms with Gasteiger partial charge >= 0.3 is 0 Å². The molecule has 0 N–H and O–H groups in total. The van der Waals surface area contributed by atoms with Crippen molar-refractivity contribution in [3.8, 4) is 28.3 Å². The van der Waals surface area contributed by atoms with Gasteiger partial charge in [0, 0.05) is 23.0 Å². The molecule has 7 heteroatoms. The number of fused-ring (bicyclic) bond motifs is 1. The van der Waals surface area contributed by atoms with Gasteiger partial charge in [-0.05, 0) is 62.2 Å². The molecule has 0 spiro atoms. The number of sulfone groups is 1. The summed E-state index contributed by atoms with van der Waals surface area (Å²) in [6, 6.07) is 16.7. The first-order valence-corrected chi connectivity index (χ1v) is 11.4. The zero-order valence-electron chi connectivity index (χ0n) is 16.7. The second-order valence-corrected chi connectivity index (χ2v) is 9.77. The minimum absolute atomic E-state index is 0.221. The van der Waals surface area contributed by atoms with Gasteiger partial charge in [-0.1, -0.05) is 12.1 Å². The summed E-state index contributed by atoms with van der Waals surface area (Å²) in [5.74, 6) is 1.37. The molecule has 1 fully saturated rings. The van der Waals surface area contributed by atoms with E-state index < -0.39 is 9.84 Å². The van der Waals surface area contributed by atoms with E-state index >= 15 is 0 Å². The summed E-state index contributed by atoms with van der Waals surface area (Å²) < 4.78 is 32.3. The maximum absolute atomic E-state index is 12.6. The third-order valence-electron chi connectivity index (χ3n) is 5.42. The number of aryl methyl sites for hydroxylation is 1. The second kappa shape index (κ2) is 6.95. The third-order valence-corrected chi connectivity index (χ3v) is 7.69. The van der Waals surface area contributed by atoms with E-state index in [1.807, 2.05) is 60.0 Å². The SMILES string of the molecule is COc1ccc(-c2nc3nc(C)ccn3c2-c2ccc(S(=O)(=O)C3CC3)cc2)cc1. The van der Waals surface area contributed by atoms with Gasteiger partial charge in [0.25, 0.3) is 0 Å². The van der Waals surface area contributed by atoms with Gasteiger partial charge in [0.1, 0.15) is 5.75 Å². The van der Waals surface area contributed by atoms with Crippen molar-refractivity contribution >= 4 is 15.6 Å². The average Bonchev–Trinajstić information content (AvgIpc) is 3.56. The number of ether oxygens (including phenoxy) is 1. The van der Waals surface area contributed by atoms with Gasteiger partial charge in [0.15, 0.2) is 9.84 Å². The largest absolute Gasteiger partial charge is 0.497 e. The van der Waals surface area contributed by atoms with Gasteiger partial charge in [-0.15, -0.1) is 0 Å². The van der Waals surface area contributed by atoms with Crippen LogP contribution in [0.25, 0.3) is 28.3 Å². The molecule has 0 saturated heterocycles. The monoisotopic (exact) mass is 419 g/mol. The van der Waals surface area contributed by atoms with Crippen LogP contribution in [0.3, 0.4) is 0 Å². The lowest BCUT2D eigenvalue weighted by Crippen LogP contribution is -2.06. The van der Waals surface area contributed by atoms with Crippen molar-refractivity contribution in [2.24, 2.45) is 0 Å². The molecule has 0 atom stereocenters. The van der Waals surface area contributed by atoms with Crippen LogP contribution >= 0.6 is 0 Å². The minimum Gasteiger partial charge on any atom is -0.497 e. The summed E-state index contributed by atoms with van der Waals surface area (Å²) in [5, 5.41) is -0.221. The lowest BCUT2D eigenvalue weighted by Gasteiger charge is -2.08. The highest BCUT2D eigenvalue weighted by atomic mass is 32.2. The third kappa shape index (κ3) is 3.15. The average molecular weight is 420 g/mol. The Balaban J connectivity index is 1.67. The number of hydrogen-bond acceptors (Lipinski definition) is 5. The molecule has 30 heavy (non-hydrogen) atoms. The van der Waals surface area contributed by atoms with E-state index in [0.29, 0.717) is 10.7 Å². The van der Waals surface area contributed by atoms with Crippen LogP contribution in [0.1, 0.15) is 18.5 Å². The fourth-order valence-corrected chi connectivity index (χ4v) is 5.27. The van der Waals surface area contributed by atoms with Gasteiger partial charge in [0.2, 0.25) is 5.78 Å². The summed E-state index contributed by atoms with van der Waals surface area (Å²) in [6.45, 7) is 1.93. The smallest absolute Gasteiger partial charge is 0.235 e. The van der Waals surface area contributed by atoms with E-state index in [0.717, 1.165) is 46.8 Å². The van der Waals surface area contributed by atoms with Crippen LogP contribution in [0.15, 0.2) is 65.7 Å². The van der Waals surface area contributed by atoms with Gasteiger partial charge in [-0.3, -0.25) is 4.40 Å². The Bertz CT molecular complexity index is 1340. The molecule has 4 aromatic rings. The van der Waals surface area contributed by atoms with Crippen LogP contribution in [-0.4, -0.2) is 35.1 Å². The predicted molar refractivity (Wildman–Crippen MR) is 115 cm³/mol. The van der Waals surface area contributed by atoms with Crippen LogP contribution in [0.5, 0.6) is 5.75 Å². The molecular formula is C23H21N3O3S. The standard InChI is InChI=1S/C23H21N3O3S/c1-15-13-14-26-22(17-5-9-19(10-6-17)30(27,28)20-11-12-20)21(25-23(26)24-15)16-3-7-18(29-2)8-4-16/h3-10,13-14,20H,11-12H2,1-2H3. The zero-order chi connectivity index (χ0) is 20.9. The van der Waals surface area contributed by atoms with E-state index in [2.05, 4.69) is 4.98 Å². The summed E-state index contributed by atoms with van der Waals surface area (Å²) >= 11 is 0. The maximum Gasteiger partial charge on any atom is 0.235 e. The highest BCUT2D eigenvalue weighted by molar-refractivity contribution is 7.92. The van der Waals surface area contributed by atoms with Crippen LogP contribution in [-0.2, 0) is 9.84 Å². The summed E-state index contributed by atoms with van der Waals surface area (Å²) in [5.41, 5.74) is 4.36. The highest BCUT2D eigenvalue weighted by Crippen LogP contribution is 2.36. The number of nitrogens with zero attached hydrogens (tertiary/aromatic N) is 3. The Hall–Kier alpha value is -3.19. The molecule has 0 amide bonds. The highest BCUT2D eigenvalue weighted by Gasteiger charge is 2.36. The Kier molecular flexibility index (Phi) is 4.36. The Morgan fingerprint density at radius 2 is 1.60 bits per heavy atom. The lowest BCUT2D eigenvalue weighted by atomic mass is 10.0. The first-order valence-electron chi connectivity index (χ1n) is 9.82. The van der Waals surface area contributed by atoms with E-state index in [1.165, 1.54) is 0 Å². The van der Waals surface area contributed by atoms with Gasteiger partial charge in [-0.2, -0.15) is 0 Å². The maximum atomic E-state index is 12.6. The number of hydrogen-bond donors (Lipinski definition) is 0. The molecule has 0 unspecified atom stereocenters. The molecule has 2 aromatic heterocycles. The molecule has 2 aromatic carbocycles. The first-order chi connectivity index (χ1) is 14.5. The fraction of sp³-hybridized carbons (Fsp3) is 0.217. The molecule has 6 nitrogen and oxygen atoms in total. The molecule has 5 rings (SSSR count). The zero-order valence-corrected chi connectivity index (χ0v) is 17.6. The van der Waals surface area contributed by atoms with Crippen LogP contribution in [0.2, 0.25) is 0 Å². The van der Waals surface area contributed by atoms with Crippen molar-refractivity contribution in [2.75, 3.05) is 7.11 Å².